The van der Waals surface area contributed by atoms with Crippen LogP contribution in [-0.2, 0) is 4.74 Å². The first-order valence-corrected chi connectivity index (χ1v) is 11.0. The predicted octanol–water partition coefficient (Wildman–Crippen LogP) is 5.17. The molecule has 0 unspecified atom stereocenters. The van der Waals surface area contributed by atoms with E-state index in [1.807, 2.05) is 36.1 Å². The molecular formula is C23H23F2N3O2S. The lowest BCUT2D eigenvalue weighted by molar-refractivity contribution is -0.0230. The highest BCUT2D eigenvalue weighted by atomic mass is 32.1. The maximum atomic E-state index is 13.5. The monoisotopic (exact) mass is 443 g/mol. The molecule has 162 valence electrons. The van der Waals surface area contributed by atoms with Gasteiger partial charge in [0.2, 0.25) is 0 Å². The van der Waals surface area contributed by atoms with Gasteiger partial charge in [0.1, 0.15) is 16.5 Å². The zero-order valence-corrected chi connectivity index (χ0v) is 18.2. The van der Waals surface area contributed by atoms with Crippen molar-refractivity contribution < 1.29 is 18.3 Å². The van der Waals surface area contributed by atoms with Gasteiger partial charge in [0.25, 0.3) is 5.91 Å². The molecule has 0 bridgehead atoms. The summed E-state index contributed by atoms with van der Waals surface area (Å²) in [6.45, 7) is 4.91. The molecule has 8 heteroatoms. The van der Waals surface area contributed by atoms with Crippen LogP contribution >= 0.6 is 11.5 Å². The number of hydrogen-bond donors (Lipinski definition) is 0. The van der Waals surface area contributed by atoms with Crippen LogP contribution < -0.4 is 0 Å². The van der Waals surface area contributed by atoms with Gasteiger partial charge in [0.15, 0.2) is 0 Å². The van der Waals surface area contributed by atoms with Crippen LogP contribution in [0.25, 0.3) is 11.1 Å². The Kier molecular flexibility index (Phi) is 6.38. The molecule has 31 heavy (non-hydrogen) atoms. The molecule has 5 nitrogen and oxygen atoms in total. The number of amides is 1. The summed E-state index contributed by atoms with van der Waals surface area (Å²) in [5, 5.41) is 3.96. The van der Waals surface area contributed by atoms with Crippen molar-refractivity contribution >= 4 is 17.4 Å². The second-order valence-electron chi connectivity index (χ2n) is 7.60. The van der Waals surface area contributed by atoms with Crippen LogP contribution in [0.2, 0.25) is 0 Å². The fourth-order valence-corrected chi connectivity index (χ4v) is 4.64. The van der Waals surface area contributed by atoms with Crippen LogP contribution in [0.3, 0.4) is 0 Å². The predicted molar refractivity (Wildman–Crippen MR) is 115 cm³/mol. The molecule has 2 atom stereocenters. The second kappa shape index (κ2) is 9.20. The molecule has 1 aromatic heterocycles. The van der Waals surface area contributed by atoms with Gasteiger partial charge >= 0.3 is 0 Å². The molecule has 4 rings (SSSR count). The highest BCUT2D eigenvalue weighted by molar-refractivity contribution is 7.07. The van der Waals surface area contributed by atoms with Crippen LogP contribution in [0.5, 0.6) is 0 Å². The summed E-state index contributed by atoms with van der Waals surface area (Å²) < 4.78 is 36.9. The average molecular weight is 444 g/mol. The van der Waals surface area contributed by atoms with Crippen molar-refractivity contribution in [3.8, 4) is 11.1 Å². The third-order valence-corrected chi connectivity index (χ3v) is 6.44. The van der Waals surface area contributed by atoms with E-state index < -0.39 is 11.6 Å². The first-order valence-electron chi connectivity index (χ1n) is 10.2. The van der Waals surface area contributed by atoms with Crippen LogP contribution in [0.4, 0.5) is 8.78 Å². The van der Waals surface area contributed by atoms with Crippen molar-refractivity contribution in [2.24, 2.45) is 0 Å². The molecule has 0 radical (unpaired) electrons. The number of aryl methyl sites for hydroxylation is 1. The van der Waals surface area contributed by atoms with E-state index in [1.54, 1.807) is 6.92 Å². The number of carbonyl (C=O) groups excluding carboxylic acids is 1. The molecule has 1 saturated heterocycles. The third kappa shape index (κ3) is 4.65. The first kappa shape index (κ1) is 21.5. The molecule has 1 amide bonds. The fourth-order valence-electron chi connectivity index (χ4n) is 4.03. The van der Waals surface area contributed by atoms with Gasteiger partial charge in [0, 0.05) is 25.3 Å². The summed E-state index contributed by atoms with van der Waals surface area (Å²) >= 11 is 1.13. The van der Waals surface area contributed by atoms with Gasteiger partial charge in [-0.2, -0.15) is 0 Å². The van der Waals surface area contributed by atoms with Crippen molar-refractivity contribution in [1.29, 1.82) is 0 Å². The van der Waals surface area contributed by atoms with E-state index in [2.05, 4.69) is 9.59 Å². The standard InChI is InChI=1S/C23H23F2N3O2S/c1-3-28(23(29)22-14(2)26-27-31-22)20-8-9-30-21(13-20)16-6-4-15(5-7-16)17-10-18(24)12-19(25)11-17/h4-7,10-12,20-21H,3,8-9,13H2,1-2H3/t20-,21+/m0/s1. The largest absolute Gasteiger partial charge is 0.373 e. The van der Waals surface area contributed by atoms with Gasteiger partial charge in [-0.1, -0.05) is 28.8 Å². The van der Waals surface area contributed by atoms with Crippen LogP contribution in [0.1, 0.15) is 46.8 Å². The Morgan fingerprint density at radius 1 is 1.16 bits per heavy atom. The minimum Gasteiger partial charge on any atom is -0.373 e. The molecule has 0 saturated carbocycles. The van der Waals surface area contributed by atoms with E-state index in [0.29, 0.717) is 35.7 Å². The molecule has 1 aliphatic rings. The van der Waals surface area contributed by atoms with Gasteiger partial charge in [-0.15, -0.1) is 5.10 Å². The van der Waals surface area contributed by atoms with Gasteiger partial charge in [-0.3, -0.25) is 4.79 Å². The van der Waals surface area contributed by atoms with Gasteiger partial charge < -0.3 is 9.64 Å². The molecule has 0 spiro atoms. The molecule has 3 aromatic rings. The number of aromatic nitrogens is 2. The van der Waals surface area contributed by atoms with E-state index in [9.17, 15) is 13.6 Å². The van der Waals surface area contributed by atoms with Crippen molar-refractivity contribution in [3.05, 3.63) is 70.2 Å². The summed E-state index contributed by atoms with van der Waals surface area (Å²) in [6, 6.07) is 11.0. The van der Waals surface area contributed by atoms with Crippen LogP contribution in [0, 0.1) is 18.6 Å². The minimum absolute atomic E-state index is 0.0378. The highest BCUT2D eigenvalue weighted by Gasteiger charge is 2.32. The normalized spacial score (nSPS) is 18.7. The van der Waals surface area contributed by atoms with E-state index in [4.69, 9.17) is 4.74 Å². The zero-order valence-electron chi connectivity index (χ0n) is 17.3. The Labute approximate surface area is 183 Å². The number of rotatable bonds is 5. The summed E-state index contributed by atoms with van der Waals surface area (Å²) in [5.74, 6) is -1.24. The topological polar surface area (TPSA) is 55.3 Å². The number of nitrogens with zero attached hydrogens (tertiary/aromatic N) is 3. The Morgan fingerprint density at radius 2 is 1.87 bits per heavy atom. The lowest BCUT2D eigenvalue weighted by Gasteiger charge is -2.37. The minimum atomic E-state index is -0.603. The smallest absolute Gasteiger partial charge is 0.267 e. The van der Waals surface area contributed by atoms with Gasteiger partial charge in [-0.25, -0.2) is 8.78 Å². The van der Waals surface area contributed by atoms with Crippen molar-refractivity contribution in [2.45, 2.75) is 38.8 Å². The van der Waals surface area contributed by atoms with Gasteiger partial charge in [0.05, 0.1) is 11.8 Å². The van der Waals surface area contributed by atoms with E-state index >= 15 is 0 Å². The maximum absolute atomic E-state index is 13.5. The Balaban J connectivity index is 1.50. The quantitative estimate of drug-likeness (QED) is 0.546. The van der Waals surface area contributed by atoms with Crippen molar-refractivity contribution in [2.75, 3.05) is 13.2 Å². The number of halogens is 2. The molecular weight excluding hydrogens is 420 g/mol. The molecule has 0 N–H and O–H groups in total. The molecule has 2 heterocycles. The highest BCUT2D eigenvalue weighted by Crippen LogP contribution is 2.33. The van der Waals surface area contributed by atoms with E-state index in [1.165, 1.54) is 12.1 Å². The second-order valence-corrected chi connectivity index (χ2v) is 8.35. The summed E-state index contributed by atoms with van der Waals surface area (Å²) in [6.07, 6.45) is 1.29. The summed E-state index contributed by atoms with van der Waals surface area (Å²) in [5.41, 5.74) is 2.85. The first-order chi connectivity index (χ1) is 15.0. The molecule has 1 fully saturated rings. The number of ether oxygens (including phenoxy) is 1. The lowest BCUT2D eigenvalue weighted by Crippen LogP contribution is -2.43. The van der Waals surface area contributed by atoms with Gasteiger partial charge in [-0.05, 0) is 67.0 Å². The summed E-state index contributed by atoms with van der Waals surface area (Å²) in [4.78, 5) is 15.5. The lowest BCUT2D eigenvalue weighted by atomic mass is 9.94. The Morgan fingerprint density at radius 3 is 2.48 bits per heavy atom. The van der Waals surface area contributed by atoms with Crippen LogP contribution in [0.15, 0.2) is 42.5 Å². The average Bonchev–Trinajstić information content (AvgIpc) is 3.20. The molecule has 0 aliphatic carbocycles. The molecule has 1 aliphatic heterocycles. The Bertz CT molecular complexity index is 1050. The van der Waals surface area contributed by atoms with Crippen LogP contribution in [-0.4, -0.2) is 39.6 Å². The zero-order chi connectivity index (χ0) is 22.0. The van der Waals surface area contributed by atoms with E-state index in [0.717, 1.165) is 35.1 Å². The number of hydrogen-bond acceptors (Lipinski definition) is 5. The van der Waals surface area contributed by atoms with Crippen molar-refractivity contribution in [3.63, 3.8) is 0 Å². The SMILES string of the molecule is CCN(C(=O)c1snnc1C)[C@H]1CCO[C@@H](c2ccc(-c3cc(F)cc(F)c3)cc2)C1. The molecule has 2 aromatic carbocycles. The Hall–Kier alpha value is -2.71. The van der Waals surface area contributed by atoms with E-state index in [-0.39, 0.29) is 18.1 Å². The maximum Gasteiger partial charge on any atom is 0.267 e. The number of carbonyl (C=O) groups is 1. The summed E-state index contributed by atoms with van der Waals surface area (Å²) in [7, 11) is 0. The fraction of sp³-hybridized carbons (Fsp3) is 0.348. The number of benzene rings is 2. The van der Waals surface area contributed by atoms with Crippen molar-refractivity contribution in [1.82, 2.24) is 14.5 Å². The third-order valence-electron chi connectivity index (χ3n) is 5.62.